The molecule has 1 saturated carbocycles. The lowest BCUT2D eigenvalue weighted by Crippen LogP contribution is -2.37. The van der Waals surface area contributed by atoms with Gasteiger partial charge in [0.1, 0.15) is 11.5 Å². The lowest BCUT2D eigenvalue weighted by atomic mass is 10.2. The number of carbonyl (C=O) groups excluding carboxylic acids is 2. The van der Waals surface area contributed by atoms with Crippen molar-refractivity contribution in [3.05, 3.63) is 47.2 Å². The Morgan fingerprint density at radius 1 is 1.17 bits per heavy atom. The number of hydrogen-bond acceptors (Lipinski definition) is 3. The van der Waals surface area contributed by atoms with Crippen molar-refractivity contribution < 1.29 is 14.0 Å². The van der Waals surface area contributed by atoms with Crippen molar-refractivity contribution in [2.45, 2.75) is 19.9 Å². The molecule has 1 aromatic heterocycles. The molecule has 1 fully saturated rings. The molecule has 3 rings (SSSR count). The highest BCUT2D eigenvalue weighted by molar-refractivity contribution is 6.30. The molecule has 1 heterocycles. The number of furan rings is 1. The first-order valence-corrected chi connectivity index (χ1v) is 8.30. The van der Waals surface area contributed by atoms with E-state index in [1.54, 1.807) is 12.1 Å². The molecule has 1 aliphatic rings. The fraction of sp³-hybridized carbons (Fsp3) is 0.333. The smallest absolute Gasteiger partial charge is 0.239 e. The van der Waals surface area contributed by atoms with Crippen LogP contribution >= 0.6 is 11.6 Å². The summed E-state index contributed by atoms with van der Waals surface area (Å²) in [5.41, 5.74) is 0.919. The van der Waals surface area contributed by atoms with Crippen LogP contribution in [0, 0.1) is 11.8 Å². The highest BCUT2D eigenvalue weighted by Crippen LogP contribution is 2.37. The second-order valence-electron chi connectivity index (χ2n) is 6.09. The Labute approximate surface area is 145 Å². The van der Waals surface area contributed by atoms with Crippen LogP contribution in [0.4, 0.5) is 0 Å². The standard InChI is InChI=1S/C18H19ClN2O3/c1-11-8-15(11)18(23)21-10-17(22)20-9-14-6-7-16(24-14)12-2-4-13(19)5-3-12/h2-7,11,15H,8-10H2,1H3,(H,20,22)(H,21,23). The summed E-state index contributed by atoms with van der Waals surface area (Å²) in [5, 5.41) is 6.05. The van der Waals surface area contributed by atoms with Gasteiger partial charge in [0.2, 0.25) is 11.8 Å². The fourth-order valence-corrected chi connectivity index (χ4v) is 2.60. The van der Waals surface area contributed by atoms with Gasteiger partial charge in [0.05, 0.1) is 13.1 Å². The molecule has 2 atom stereocenters. The van der Waals surface area contributed by atoms with Crippen molar-refractivity contribution in [3.63, 3.8) is 0 Å². The summed E-state index contributed by atoms with van der Waals surface area (Å²) in [5.74, 6) is 1.59. The summed E-state index contributed by atoms with van der Waals surface area (Å²) < 4.78 is 5.70. The van der Waals surface area contributed by atoms with Crippen LogP contribution in [0.1, 0.15) is 19.1 Å². The summed E-state index contributed by atoms with van der Waals surface area (Å²) in [6, 6.07) is 11.0. The summed E-state index contributed by atoms with van der Waals surface area (Å²) in [7, 11) is 0. The Kier molecular flexibility index (Phi) is 4.90. The van der Waals surface area contributed by atoms with E-state index in [9.17, 15) is 9.59 Å². The first-order valence-electron chi connectivity index (χ1n) is 7.92. The Balaban J connectivity index is 1.45. The highest BCUT2D eigenvalue weighted by Gasteiger charge is 2.38. The van der Waals surface area contributed by atoms with E-state index in [1.165, 1.54) is 0 Å². The van der Waals surface area contributed by atoms with Gasteiger partial charge in [-0.25, -0.2) is 0 Å². The van der Waals surface area contributed by atoms with E-state index in [0.29, 0.717) is 22.5 Å². The lowest BCUT2D eigenvalue weighted by Gasteiger charge is -2.05. The SMILES string of the molecule is CC1CC1C(=O)NCC(=O)NCc1ccc(-c2ccc(Cl)cc2)o1. The number of benzene rings is 1. The average Bonchev–Trinajstić information content (AvgIpc) is 3.12. The van der Waals surface area contributed by atoms with Crippen LogP contribution in [-0.2, 0) is 16.1 Å². The maximum atomic E-state index is 11.8. The van der Waals surface area contributed by atoms with Crippen molar-refractivity contribution in [1.82, 2.24) is 10.6 Å². The van der Waals surface area contributed by atoms with Gasteiger partial charge in [0.15, 0.2) is 0 Å². The molecule has 1 aliphatic carbocycles. The van der Waals surface area contributed by atoms with Gasteiger partial charge in [0.25, 0.3) is 0 Å². The molecular weight excluding hydrogens is 328 g/mol. The predicted molar refractivity (Wildman–Crippen MR) is 91.3 cm³/mol. The number of rotatable bonds is 6. The van der Waals surface area contributed by atoms with Crippen LogP contribution in [0.2, 0.25) is 5.02 Å². The number of halogens is 1. The molecule has 0 radical (unpaired) electrons. The van der Waals surface area contributed by atoms with Crippen molar-refractivity contribution in [3.8, 4) is 11.3 Å². The number of carbonyl (C=O) groups is 2. The molecule has 6 heteroatoms. The zero-order chi connectivity index (χ0) is 17.1. The largest absolute Gasteiger partial charge is 0.459 e. The minimum absolute atomic E-state index is 0.00714. The molecule has 2 unspecified atom stereocenters. The van der Waals surface area contributed by atoms with E-state index < -0.39 is 0 Å². The third-order valence-corrected chi connectivity index (χ3v) is 4.37. The van der Waals surface area contributed by atoms with Gasteiger partial charge in [-0.05, 0) is 48.7 Å². The molecule has 1 aromatic carbocycles. The number of amides is 2. The normalized spacial score (nSPS) is 18.9. The van der Waals surface area contributed by atoms with Gasteiger partial charge in [0, 0.05) is 16.5 Å². The second-order valence-corrected chi connectivity index (χ2v) is 6.52. The molecule has 2 aromatic rings. The monoisotopic (exact) mass is 346 g/mol. The molecule has 0 bridgehead atoms. The Morgan fingerprint density at radius 3 is 2.54 bits per heavy atom. The van der Waals surface area contributed by atoms with Gasteiger partial charge >= 0.3 is 0 Å². The van der Waals surface area contributed by atoms with Crippen LogP contribution in [0.25, 0.3) is 11.3 Å². The first-order chi connectivity index (χ1) is 11.5. The van der Waals surface area contributed by atoms with Crippen molar-refractivity contribution in [2.75, 3.05) is 6.54 Å². The Bertz CT molecular complexity index is 739. The summed E-state index contributed by atoms with van der Waals surface area (Å²) in [4.78, 5) is 23.4. The van der Waals surface area contributed by atoms with Crippen molar-refractivity contribution in [1.29, 1.82) is 0 Å². The maximum absolute atomic E-state index is 11.8. The van der Waals surface area contributed by atoms with E-state index in [0.717, 1.165) is 12.0 Å². The molecule has 5 nitrogen and oxygen atoms in total. The summed E-state index contributed by atoms with van der Waals surface area (Å²) >= 11 is 5.86. The average molecular weight is 347 g/mol. The fourth-order valence-electron chi connectivity index (χ4n) is 2.48. The third-order valence-electron chi connectivity index (χ3n) is 4.12. The Hall–Kier alpha value is -2.27. The molecule has 0 aliphatic heterocycles. The molecule has 24 heavy (non-hydrogen) atoms. The van der Waals surface area contributed by atoms with Gasteiger partial charge in [-0.1, -0.05) is 18.5 Å². The first kappa shape index (κ1) is 16.6. The van der Waals surface area contributed by atoms with Crippen molar-refractivity contribution >= 4 is 23.4 Å². The Morgan fingerprint density at radius 2 is 1.88 bits per heavy atom. The zero-order valence-electron chi connectivity index (χ0n) is 13.3. The van der Waals surface area contributed by atoms with Crippen LogP contribution in [0.15, 0.2) is 40.8 Å². The van der Waals surface area contributed by atoms with Gasteiger partial charge in [-0.2, -0.15) is 0 Å². The van der Waals surface area contributed by atoms with Crippen molar-refractivity contribution in [2.24, 2.45) is 11.8 Å². The van der Waals surface area contributed by atoms with Crippen LogP contribution in [-0.4, -0.2) is 18.4 Å². The van der Waals surface area contributed by atoms with Crippen LogP contribution in [0.3, 0.4) is 0 Å². The molecular formula is C18H19ClN2O3. The van der Waals surface area contributed by atoms with Crippen LogP contribution in [0.5, 0.6) is 0 Å². The molecule has 0 spiro atoms. The predicted octanol–water partition coefficient (Wildman–Crippen LogP) is 2.99. The van der Waals surface area contributed by atoms with Crippen LogP contribution < -0.4 is 10.6 Å². The van der Waals surface area contributed by atoms with E-state index >= 15 is 0 Å². The highest BCUT2D eigenvalue weighted by atomic mass is 35.5. The number of hydrogen-bond donors (Lipinski definition) is 2. The second kappa shape index (κ2) is 7.09. The molecule has 2 N–H and O–H groups in total. The van der Waals surface area contributed by atoms with E-state index in [2.05, 4.69) is 10.6 Å². The summed E-state index contributed by atoms with van der Waals surface area (Å²) in [6.45, 7) is 2.30. The molecule has 2 amide bonds. The molecule has 126 valence electrons. The zero-order valence-corrected chi connectivity index (χ0v) is 14.1. The summed E-state index contributed by atoms with van der Waals surface area (Å²) in [6.07, 6.45) is 0.910. The quantitative estimate of drug-likeness (QED) is 0.844. The van der Waals surface area contributed by atoms with E-state index in [1.807, 2.05) is 31.2 Å². The topological polar surface area (TPSA) is 71.3 Å². The number of nitrogens with one attached hydrogen (secondary N) is 2. The van der Waals surface area contributed by atoms with E-state index in [-0.39, 0.29) is 30.8 Å². The van der Waals surface area contributed by atoms with E-state index in [4.69, 9.17) is 16.0 Å². The minimum atomic E-state index is -0.235. The maximum Gasteiger partial charge on any atom is 0.239 e. The minimum Gasteiger partial charge on any atom is -0.459 e. The van der Waals surface area contributed by atoms with Gasteiger partial charge in [-0.3, -0.25) is 9.59 Å². The van der Waals surface area contributed by atoms with Gasteiger partial charge in [-0.15, -0.1) is 0 Å². The lowest BCUT2D eigenvalue weighted by molar-refractivity contribution is -0.127. The molecule has 0 saturated heterocycles. The third kappa shape index (κ3) is 4.17. The van der Waals surface area contributed by atoms with Gasteiger partial charge < -0.3 is 15.1 Å².